The molecule has 0 bridgehead atoms. The highest BCUT2D eigenvalue weighted by Crippen LogP contribution is 2.12. The summed E-state index contributed by atoms with van der Waals surface area (Å²) < 4.78 is 0. The zero-order chi connectivity index (χ0) is 77.6. The van der Waals surface area contributed by atoms with Gasteiger partial charge in [-0.2, -0.15) is 0 Å². The number of aliphatic imine (C=N–C) groups is 7. The quantitative estimate of drug-likeness (QED) is 0.0153. The van der Waals surface area contributed by atoms with Crippen LogP contribution in [0.15, 0.2) is 34.9 Å². The highest BCUT2D eigenvalue weighted by Gasteiger charge is 2.37. The Morgan fingerprint density at radius 1 is 0.235 bits per heavy atom. The van der Waals surface area contributed by atoms with Crippen molar-refractivity contribution >= 4 is 119 Å². The predicted octanol–water partition coefficient (Wildman–Crippen LogP) is -13.4. The molecule has 0 rings (SSSR count). The first-order valence-corrected chi connectivity index (χ1v) is 31.6. The predicted molar refractivity (Wildman–Crippen MR) is 369 cm³/mol. The molecule has 0 fully saturated rings. The number of carbonyl (C=O) groups excluding carboxylic acids is 9. The molecule has 0 aliphatic carbocycles. The van der Waals surface area contributed by atoms with Crippen LogP contribution in [0.2, 0.25) is 0 Å². The standard InChI is InChI=1S/C54H101N31O17/c55-25(8-1-15-70-48(56)57)38(92)83-32(22-35(86)87)44(98)79-26(9-2-16-71-49(58)59)39(93)77-29(12-5-19-74-52(64)65)42(96)84-33(23-36(88)89)45(99)80-27(10-3-17-72-50(60)61)40(94)78-30(13-6-20-75-53(66)67)43(97)85-34(24-37(90)91)46(100)81-28(11-4-18-73-51(62)63)41(95)82-31(47(101)102)14-7-21-76-54(68)69/h25-34H,1-24,55H2,(H,77,93)(H,78,94)(H,79,98)(H,80,99)(H,81,100)(H,82,95)(H,83,92)(H,84,96)(H,85,97)(H,86,87)(H,88,89)(H,90,91)(H,101,102)(H4,56,57,70)(H4,58,59,71)(H4,60,61,72)(H4,62,63,73)(H4,64,65,74)(H4,66,67,75)(H4,68,69,76)/t25-,26-,27-,28-,29-,30-,31-,32-,33-,34-/m0/s1. The van der Waals surface area contributed by atoms with E-state index in [0.29, 0.717) is 0 Å². The third-order valence-corrected chi connectivity index (χ3v) is 13.8. The fraction of sp³-hybridized carbons (Fsp3) is 0.630. The minimum absolute atomic E-state index is 0.0235. The van der Waals surface area contributed by atoms with Crippen LogP contribution in [0.25, 0.3) is 0 Å². The van der Waals surface area contributed by atoms with Gasteiger partial charge in [0.25, 0.3) is 0 Å². The van der Waals surface area contributed by atoms with Crippen molar-refractivity contribution in [2.75, 3.05) is 45.8 Å². The Morgan fingerprint density at radius 3 is 0.578 bits per heavy atom. The molecular formula is C54H101N31O17. The van der Waals surface area contributed by atoms with E-state index in [1.807, 2.05) is 0 Å². The lowest BCUT2D eigenvalue weighted by Crippen LogP contribution is -2.61. The van der Waals surface area contributed by atoms with Crippen LogP contribution in [0.3, 0.4) is 0 Å². The van der Waals surface area contributed by atoms with E-state index in [4.69, 9.17) is 86.0 Å². The van der Waals surface area contributed by atoms with E-state index in [2.05, 4.69) is 82.8 Å². The molecule has 0 aromatic rings. The maximum absolute atomic E-state index is 14.5. The van der Waals surface area contributed by atoms with Gasteiger partial charge in [-0.15, -0.1) is 0 Å². The summed E-state index contributed by atoms with van der Waals surface area (Å²) in [7, 11) is 0. The van der Waals surface area contributed by atoms with Crippen molar-refractivity contribution < 1.29 is 82.8 Å². The van der Waals surface area contributed by atoms with Crippen LogP contribution in [-0.4, -0.2) is 245 Å². The molecule has 0 aliphatic rings. The van der Waals surface area contributed by atoms with E-state index in [-0.39, 0.29) is 146 Å². The van der Waals surface area contributed by atoms with Gasteiger partial charge >= 0.3 is 23.9 Å². The smallest absolute Gasteiger partial charge is 0.326 e. The van der Waals surface area contributed by atoms with Crippen molar-refractivity contribution in [3.8, 4) is 0 Å². The Labute approximate surface area is 584 Å². The summed E-state index contributed by atoms with van der Waals surface area (Å²) in [4.78, 5) is 203. The number of carboxylic acid groups (broad SMARTS) is 4. The number of hydrogen-bond acceptors (Lipinski definition) is 21. The molecule has 0 unspecified atom stereocenters. The summed E-state index contributed by atoms with van der Waals surface area (Å²) in [5, 5.41) is 60.5. The molecule has 0 aromatic heterocycles. The van der Waals surface area contributed by atoms with E-state index >= 15 is 0 Å². The Bertz CT molecular complexity index is 3030. The number of guanidine groups is 7. The summed E-state index contributed by atoms with van der Waals surface area (Å²) in [6.45, 7) is -0.805. The van der Waals surface area contributed by atoms with Gasteiger partial charge in [0.2, 0.25) is 53.2 Å². The highest BCUT2D eigenvalue weighted by molar-refractivity contribution is 6.00. The minimum Gasteiger partial charge on any atom is -0.481 e. The molecule has 0 heterocycles. The fourth-order valence-corrected chi connectivity index (χ4v) is 8.88. The number of hydrogen-bond donors (Lipinski definition) is 28. The summed E-state index contributed by atoms with van der Waals surface area (Å²) in [6, 6.07) is -17.6. The van der Waals surface area contributed by atoms with Crippen LogP contribution < -0.4 is 134 Å². The number of nitrogens with zero attached hydrogens (tertiary/aromatic N) is 7. The molecule has 0 radical (unpaired) electrons. The van der Waals surface area contributed by atoms with Gasteiger partial charge in [0.1, 0.15) is 54.4 Å². The molecule has 48 heteroatoms. The van der Waals surface area contributed by atoms with Crippen molar-refractivity contribution in [2.24, 2.45) is 121 Å². The Morgan fingerprint density at radius 2 is 0.392 bits per heavy atom. The van der Waals surface area contributed by atoms with Crippen LogP contribution in [0.1, 0.15) is 109 Å². The Kier molecular flexibility index (Phi) is 43.6. The molecule has 48 nitrogen and oxygen atoms in total. The van der Waals surface area contributed by atoms with Gasteiger partial charge in [0, 0.05) is 45.8 Å². The number of carboxylic acids is 4. The topological polar surface area (TPSA) is 888 Å². The van der Waals surface area contributed by atoms with E-state index in [0.717, 1.165) is 0 Å². The first-order chi connectivity index (χ1) is 47.8. The molecule has 0 saturated carbocycles. The van der Waals surface area contributed by atoms with Gasteiger partial charge in [-0.3, -0.25) is 92.5 Å². The average Bonchev–Trinajstić information content (AvgIpc) is 0.862. The maximum atomic E-state index is 14.5. The number of rotatable bonds is 53. The first-order valence-electron chi connectivity index (χ1n) is 31.6. The molecular weight excluding hydrogens is 1350 g/mol. The molecule has 0 aromatic carbocycles. The van der Waals surface area contributed by atoms with Crippen molar-refractivity contribution in [3.63, 3.8) is 0 Å². The summed E-state index contributed by atoms with van der Waals surface area (Å²) >= 11 is 0. The van der Waals surface area contributed by atoms with Gasteiger partial charge in [0.15, 0.2) is 41.7 Å². The molecule has 43 N–H and O–H groups in total. The van der Waals surface area contributed by atoms with Crippen LogP contribution in [0.5, 0.6) is 0 Å². The molecule has 102 heavy (non-hydrogen) atoms. The zero-order valence-electron chi connectivity index (χ0n) is 56.1. The van der Waals surface area contributed by atoms with Gasteiger partial charge < -0.3 is 154 Å². The SMILES string of the molecule is NC(N)=NCCC[C@H](NC(=O)[C@H](CCCN=C(N)N)NC(=O)[C@H](CC(=O)O)NC(=O)[C@H](CCCN=C(N)N)NC(=O)[C@H](CCCN=C(N)N)NC(=O)[C@H](CC(=O)O)NC(=O)[C@H](CCCN=C(N)N)NC(=O)[C@H](CCCN=C(N)N)NC(=O)[C@H](CC(=O)O)NC(=O)[C@@H](N)CCCN=C(N)N)C(=O)O. The second kappa shape index (κ2) is 49.5. The third-order valence-electron chi connectivity index (χ3n) is 13.8. The molecule has 0 saturated heterocycles. The first kappa shape index (κ1) is 90.0. The second-order valence-corrected chi connectivity index (χ2v) is 22.4. The maximum Gasteiger partial charge on any atom is 0.326 e. The van der Waals surface area contributed by atoms with E-state index in [9.17, 15) is 82.8 Å². The van der Waals surface area contributed by atoms with E-state index < -0.39 is 188 Å². The Balaban J connectivity index is 7.58. The van der Waals surface area contributed by atoms with Gasteiger partial charge in [-0.05, 0) is 89.9 Å². The molecule has 0 aliphatic heterocycles. The van der Waals surface area contributed by atoms with E-state index in [1.54, 1.807) is 0 Å². The van der Waals surface area contributed by atoms with Crippen molar-refractivity contribution in [3.05, 3.63) is 0 Å². The monoisotopic (exact) mass is 1460 g/mol. The van der Waals surface area contributed by atoms with Crippen LogP contribution in [0.4, 0.5) is 0 Å². The number of amides is 9. The lowest BCUT2D eigenvalue weighted by molar-refractivity contribution is -0.143. The number of carbonyl (C=O) groups is 13. The Hall–Kier alpha value is -12.0. The summed E-state index contributed by atoms with van der Waals surface area (Å²) in [6.07, 6.45) is -5.77. The number of aliphatic carboxylic acids is 4. The normalized spacial score (nSPS) is 13.5. The largest absolute Gasteiger partial charge is 0.481 e. The highest BCUT2D eigenvalue weighted by atomic mass is 16.4. The molecule has 10 atom stereocenters. The van der Waals surface area contributed by atoms with Crippen LogP contribution in [-0.2, 0) is 62.3 Å². The third kappa shape index (κ3) is 42.6. The molecule has 0 spiro atoms. The van der Waals surface area contributed by atoms with Crippen LogP contribution >= 0.6 is 0 Å². The lowest BCUT2D eigenvalue weighted by Gasteiger charge is -2.28. The summed E-state index contributed by atoms with van der Waals surface area (Å²) in [5.74, 6) is -19.7. The van der Waals surface area contributed by atoms with E-state index in [1.165, 1.54) is 0 Å². The van der Waals surface area contributed by atoms with Gasteiger partial charge in [-0.25, -0.2) is 4.79 Å². The average molecular weight is 1460 g/mol. The van der Waals surface area contributed by atoms with Crippen molar-refractivity contribution in [2.45, 2.75) is 170 Å². The lowest BCUT2D eigenvalue weighted by atomic mass is 10.0. The molecule has 574 valence electrons. The van der Waals surface area contributed by atoms with Gasteiger partial charge in [-0.1, -0.05) is 0 Å². The summed E-state index contributed by atoms with van der Waals surface area (Å²) in [5.41, 5.74) is 82.1. The van der Waals surface area contributed by atoms with Crippen molar-refractivity contribution in [1.82, 2.24) is 47.9 Å². The van der Waals surface area contributed by atoms with Gasteiger partial charge in [0.05, 0.1) is 25.3 Å². The minimum atomic E-state index is -2.13. The van der Waals surface area contributed by atoms with Crippen molar-refractivity contribution in [1.29, 1.82) is 0 Å². The fourth-order valence-electron chi connectivity index (χ4n) is 8.88. The second-order valence-electron chi connectivity index (χ2n) is 22.4. The zero-order valence-corrected chi connectivity index (χ0v) is 56.1. The van der Waals surface area contributed by atoms with Crippen LogP contribution in [0, 0.1) is 0 Å². The number of nitrogens with two attached hydrogens (primary N) is 15. The number of nitrogens with one attached hydrogen (secondary N) is 9. The molecule has 9 amide bonds.